The van der Waals surface area contributed by atoms with Crippen LogP contribution in [-0.4, -0.2) is 29.3 Å². The van der Waals surface area contributed by atoms with Gasteiger partial charge in [-0.05, 0) is 18.6 Å². The highest BCUT2D eigenvalue weighted by Crippen LogP contribution is 2.37. The maximum absolute atomic E-state index is 12.5. The van der Waals surface area contributed by atoms with Crippen molar-refractivity contribution in [1.29, 1.82) is 0 Å². The molecule has 0 bridgehead atoms. The molecule has 24 heavy (non-hydrogen) atoms. The Hall–Kier alpha value is -2.33. The molecule has 4 atom stereocenters. The minimum Gasteiger partial charge on any atom is -0.480 e. The van der Waals surface area contributed by atoms with Crippen LogP contribution in [0, 0.1) is 0 Å². The molecule has 126 valence electrons. The van der Waals surface area contributed by atoms with Crippen molar-refractivity contribution in [1.82, 2.24) is 5.32 Å². The van der Waals surface area contributed by atoms with Gasteiger partial charge in [0.25, 0.3) is 5.91 Å². The highest BCUT2D eigenvalue weighted by atomic mass is 16.5. The monoisotopic (exact) mass is 325 g/mol. The van der Waals surface area contributed by atoms with E-state index in [0.29, 0.717) is 6.42 Å². The zero-order chi connectivity index (χ0) is 17.1. The van der Waals surface area contributed by atoms with Crippen molar-refractivity contribution in [2.45, 2.75) is 44.4 Å². The first-order valence-electron chi connectivity index (χ1n) is 8.34. The van der Waals surface area contributed by atoms with Crippen LogP contribution in [0.3, 0.4) is 0 Å². The number of carbonyl (C=O) groups excluding carboxylic acids is 1. The number of fused-ring (bicyclic) bond motifs is 1. The minimum atomic E-state index is -0.643. The third-order valence-electron chi connectivity index (χ3n) is 4.61. The molecule has 4 nitrogen and oxygen atoms in total. The van der Waals surface area contributed by atoms with E-state index in [9.17, 15) is 9.90 Å². The summed E-state index contributed by atoms with van der Waals surface area (Å²) in [6.45, 7) is 3.80. The van der Waals surface area contributed by atoms with E-state index in [1.165, 1.54) is 0 Å². The molecule has 3 rings (SSSR count). The van der Waals surface area contributed by atoms with Crippen LogP contribution >= 0.6 is 0 Å². The molecular weight excluding hydrogens is 302 g/mol. The van der Waals surface area contributed by atoms with Crippen LogP contribution in [0.1, 0.15) is 30.9 Å². The van der Waals surface area contributed by atoms with Gasteiger partial charge in [-0.1, -0.05) is 55.5 Å². The molecule has 0 aromatic heterocycles. The second kappa shape index (κ2) is 7.05. The van der Waals surface area contributed by atoms with Crippen molar-refractivity contribution in [3.8, 4) is 5.75 Å². The van der Waals surface area contributed by atoms with Gasteiger partial charge in [-0.25, -0.2) is 0 Å². The van der Waals surface area contributed by atoms with Gasteiger partial charge >= 0.3 is 0 Å². The van der Waals surface area contributed by atoms with E-state index in [0.717, 1.165) is 16.9 Å². The van der Waals surface area contributed by atoms with Crippen LogP contribution in [0.15, 0.2) is 54.6 Å². The number of aliphatic hydroxyl groups excluding tert-OH is 1. The average Bonchev–Trinajstić information content (AvgIpc) is 2.93. The molecule has 1 heterocycles. The second-order valence-electron chi connectivity index (χ2n) is 6.42. The average molecular weight is 325 g/mol. The van der Waals surface area contributed by atoms with Crippen molar-refractivity contribution in [3.63, 3.8) is 0 Å². The number of aliphatic hydroxyl groups is 1. The molecule has 1 aliphatic rings. The number of para-hydroxylation sites is 1. The number of hydrogen-bond donors (Lipinski definition) is 2. The van der Waals surface area contributed by atoms with Crippen LogP contribution in [0.25, 0.3) is 0 Å². The Balaban J connectivity index is 1.59. The third-order valence-corrected chi connectivity index (χ3v) is 4.61. The van der Waals surface area contributed by atoms with Gasteiger partial charge in [-0.3, -0.25) is 4.79 Å². The summed E-state index contributed by atoms with van der Waals surface area (Å²) in [7, 11) is 0. The molecule has 0 spiro atoms. The van der Waals surface area contributed by atoms with Gasteiger partial charge < -0.3 is 15.2 Å². The van der Waals surface area contributed by atoms with Gasteiger partial charge in [-0.15, -0.1) is 0 Å². The number of hydrogen-bond acceptors (Lipinski definition) is 3. The molecule has 4 unspecified atom stereocenters. The van der Waals surface area contributed by atoms with Gasteiger partial charge in [-0.2, -0.15) is 0 Å². The molecule has 2 N–H and O–H groups in total. The fourth-order valence-corrected chi connectivity index (χ4v) is 3.08. The predicted octanol–water partition coefficient (Wildman–Crippen LogP) is 2.66. The first kappa shape index (κ1) is 16.5. The Labute approximate surface area is 142 Å². The Bertz CT molecular complexity index is 701. The van der Waals surface area contributed by atoms with E-state index in [4.69, 9.17) is 4.74 Å². The third kappa shape index (κ3) is 3.44. The molecule has 2 aromatic rings. The summed E-state index contributed by atoms with van der Waals surface area (Å²) < 4.78 is 5.79. The van der Waals surface area contributed by atoms with Crippen molar-refractivity contribution < 1.29 is 14.6 Å². The fourth-order valence-electron chi connectivity index (χ4n) is 3.08. The Morgan fingerprint density at radius 3 is 2.54 bits per heavy atom. The van der Waals surface area contributed by atoms with Crippen molar-refractivity contribution in [3.05, 3.63) is 65.7 Å². The van der Waals surface area contributed by atoms with Crippen LogP contribution in [0.2, 0.25) is 0 Å². The quantitative estimate of drug-likeness (QED) is 0.888. The summed E-state index contributed by atoms with van der Waals surface area (Å²) >= 11 is 0. The minimum absolute atomic E-state index is 0.000309. The molecule has 0 saturated carbocycles. The highest BCUT2D eigenvalue weighted by Gasteiger charge is 2.36. The van der Waals surface area contributed by atoms with Crippen LogP contribution in [-0.2, 0) is 11.2 Å². The maximum atomic E-state index is 12.5. The highest BCUT2D eigenvalue weighted by molar-refractivity contribution is 5.83. The number of rotatable bonds is 5. The van der Waals surface area contributed by atoms with E-state index in [-0.39, 0.29) is 17.9 Å². The van der Waals surface area contributed by atoms with Gasteiger partial charge in [0.2, 0.25) is 0 Å². The lowest BCUT2D eigenvalue weighted by molar-refractivity contribution is -0.129. The van der Waals surface area contributed by atoms with E-state index in [1.54, 1.807) is 0 Å². The summed E-state index contributed by atoms with van der Waals surface area (Å²) in [5.41, 5.74) is 2.10. The van der Waals surface area contributed by atoms with E-state index >= 15 is 0 Å². The summed E-state index contributed by atoms with van der Waals surface area (Å²) in [6, 6.07) is 17.1. The zero-order valence-electron chi connectivity index (χ0n) is 14.0. The van der Waals surface area contributed by atoms with Crippen molar-refractivity contribution >= 4 is 5.91 Å². The number of amides is 1. The molecule has 0 aliphatic carbocycles. The number of nitrogens with one attached hydrogen (secondary N) is 1. The lowest BCUT2D eigenvalue weighted by Crippen LogP contribution is -2.48. The number of ether oxygens (including phenoxy) is 1. The topological polar surface area (TPSA) is 58.6 Å². The standard InChI is InChI=1S/C20H23NO3/c1-13-16-10-6-7-11-18(16)24-19(13)20(23)21-14(2)17(22)12-15-8-4-3-5-9-15/h3-11,13-14,17,19,22H,12H2,1-2H3,(H,21,23). The Kier molecular flexibility index (Phi) is 4.86. The molecule has 0 saturated heterocycles. The molecule has 1 aliphatic heterocycles. The predicted molar refractivity (Wildman–Crippen MR) is 93.0 cm³/mol. The summed E-state index contributed by atoms with van der Waals surface area (Å²) in [5, 5.41) is 13.2. The lowest BCUT2D eigenvalue weighted by Gasteiger charge is -2.23. The van der Waals surface area contributed by atoms with Gasteiger partial charge in [0.05, 0.1) is 12.1 Å². The van der Waals surface area contributed by atoms with E-state index < -0.39 is 12.2 Å². The largest absolute Gasteiger partial charge is 0.480 e. The Morgan fingerprint density at radius 1 is 1.17 bits per heavy atom. The number of carbonyl (C=O) groups is 1. The zero-order valence-corrected chi connectivity index (χ0v) is 14.0. The molecule has 0 fully saturated rings. The molecule has 1 amide bonds. The smallest absolute Gasteiger partial charge is 0.262 e. The van der Waals surface area contributed by atoms with Gasteiger partial charge in [0, 0.05) is 17.9 Å². The van der Waals surface area contributed by atoms with Crippen molar-refractivity contribution in [2.24, 2.45) is 0 Å². The summed E-state index contributed by atoms with van der Waals surface area (Å²) in [4.78, 5) is 12.5. The molecule has 2 aromatic carbocycles. The van der Waals surface area contributed by atoms with Crippen molar-refractivity contribution in [2.75, 3.05) is 0 Å². The normalized spacial score (nSPS) is 21.5. The van der Waals surface area contributed by atoms with E-state index in [2.05, 4.69) is 5.32 Å². The first-order valence-corrected chi connectivity index (χ1v) is 8.34. The second-order valence-corrected chi connectivity index (χ2v) is 6.42. The SMILES string of the molecule is CC(NC(=O)C1Oc2ccccc2C1C)C(O)Cc1ccccc1. The molecule has 0 radical (unpaired) electrons. The fraction of sp³-hybridized carbons (Fsp3) is 0.350. The summed E-state index contributed by atoms with van der Waals surface area (Å²) in [6.07, 6.45) is -0.687. The first-order chi connectivity index (χ1) is 11.6. The molecule has 4 heteroatoms. The van der Waals surface area contributed by atoms with E-state index in [1.807, 2.05) is 68.4 Å². The maximum Gasteiger partial charge on any atom is 0.262 e. The van der Waals surface area contributed by atoms with Crippen LogP contribution in [0.5, 0.6) is 5.75 Å². The summed E-state index contributed by atoms with van der Waals surface area (Å²) in [5.74, 6) is 0.584. The lowest BCUT2D eigenvalue weighted by atomic mass is 9.96. The van der Waals surface area contributed by atoms with Gasteiger partial charge in [0.1, 0.15) is 5.75 Å². The van der Waals surface area contributed by atoms with Crippen LogP contribution < -0.4 is 10.1 Å². The Morgan fingerprint density at radius 2 is 1.83 bits per heavy atom. The van der Waals surface area contributed by atoms with Crippen LogP contribution in [0.4, 0.5) is 0 Å². The van der Waals surface area contributed by atoms with Gasteiger partial charge in [0.15, 0.2) is 6.10 Å². The molecular formula is C20H23NO3. The number of benzene rings is 2.